The number of hydrogen-bond acceptors (Lipinski definition) is 5. The van der Waals surface area contributed by atoms with Crippen molar-refractivity contribution in [1.82, 2.24) is 19.5 Å². The van der Waals surface area contributed by atoms with E-state index in [0.29, 0.717) is 11.8 Å². The van der Waals surface area contributed by atoms with Gasteiger partial charge in [-0.25, -0.2) is 4.98 Å². The highest BCUT2D eigenvalue weighted by atomic mass is 35.5. The van der Waals surface area contributed by atoms with Crippen molar-refractivity contribution in [1.29, 1.82) is 0 Å². The first-order chi connectivity index (χ1) is 13.0. The Morgan fingerprint density at radius 1 is 1.22 bits per heavy atom. The maximum atomic E-state index is 11.0. The third kappa shape index (κ3) is 3.58. The molecule has 1 aliphatic rings. The first kappa shape index (κ1) is 18.7. The molecule has 1 aromatic carbocycles. The van der Waals surface area contributed by atoms with Crippen molar-refractivity contribution in [3.8, 4) is 5.88 Å². The predicted molar refractivity (Wildman–Crippen MR) is 110 cm³/mol. The molecule has 0 amide bonds. The van der Waals surface area contributed by atoms with Crippen molar-refractivity contribution in [3.05, 3.63) is 45.6 Å². The second kappa shape index (κ2) is 7.41. The Hall–Kier alpha value is -1.63. The molecule has 0 radical (unpaired) electrons. The van der Waals surface area contributed by atoms with Crippen LogP contribution in [0.25, 0.3) is 4.96 Å². The molecule has 1 saturated heterocycles. The number of benzene rings is 1. The Kier molecular flexibility index (Phi) is 5.14. The quantitative estimate of drug-likeness (QED) is 0.679. The van der Waals surface area contributed by atoms with Crippen LogP contribution in [0.1, 0.15) is 49.5 Å². The van der Waals surface area contributed by atoms with Gasteiger partial charge in [-0.3, -0.25) is 4.90 Å². The monoisotopic (exact) mass is 404 g/mol. The van der Waals surface area contributed by atoms with E-state index in [4.69, 9.17) is 11.6 Å². The Balaban J connectivity index is 1.81. The molecular weight excluding hydrogens is 380 g/mol. The summed E-state index contributed by atoms with van der Waals surface area (Å²) in [6, 6.07) is 7.94. The van der Waals surface area contributed by atoms with Crippen LogP contribution in [0.15, 0.2) is 24.3 Å². The van der Waals surface area contributed by atoms with Crippen molar-refractivity contribution < 1.29 is 5.11 Å². The summed E-state index contributed by atoms with van der Waals surface area (Å²) in [5.41, 5.74) is 1.14. The summed E-state index contributed by atoms with van der Waals surface area (Å²) in [6.45, 7) is 8.63. The molecule has 4 rings (SSSR count). The van der Waals surface area contributed by atoms with Gasteiger partial charge in [0, 0.05) is 24.5 Å². The number of piperidine rings is 1. The van der Waals surface area contributed by atoms with Crippen LogP contribution in [0.4, 0.5) is 0 Å². The number of nitrogens with zero attached hydrogens (tertiary/aromatic N) is 4. The smallest absolute Gasteiger partial charge is 0.230 e. The van der Waals surface area contributed by atoms with Gasteiger partial charge in [0.1, 0.15) is 0 Å². The highest BCUT2D eigenvalue weighted by Gasteiger charge is 2.33. The number of thiazole rings is 1. The molecule has 3 aromatic rings. The molecule has 1 fully saturated rings. The molecule has 1 N–H and O–H groups in total. The predicted octanol–water partition coefficient (Wildman–Crippen LogP) is 4.78. The van der Waals surface area contributed by atoms with E-state index in [0.717, 1.165) is 45.8 Å². The van der Waals surface area contributed by atoms with Crippen LogP contribution in [0, 0.1) is 11.8 Å². The fourth-order valence-electron chi connectivity index (χ4n) is 4.21. The highest BCUT2D eigenvalue weighted by molar-refractivity contribution is 7.17. The summed E-state index contributed by atoms with van der Waals surface area (Å²) in [4.78, 5) is 8.67. The molecule has 27 heavy (non-hydrogen) atoms. The van der Waals surface area contributed by atoms with E-state index < -0.39 is 0 Å². The summed E-state index contributed by atoms with van der Waals surface area (Å²) in [6.07, 6.45) is 2.00. The maximum Gasteiger partial charge on any atom is 0.230 e. The molecular formula is C20H25ClN4OS. The molecule has 3 atom stereocenters. The Labute approximate surface area is 168 Å². The number of likely N-dealkylation sites (tertiary alicyclic amines) is 1. The Bertz CT molecular complexity index is 926. The highest BCUT2D eigenvalue weighted by Crippen LogP contribution is 2.42. The number of aromatic nitrogens is 3. The third-order valence-electron chi connectivity index (χ3n) is 5.26. The average molecular weight is 405 g/mol. The van der Waals surface area contributed by atoms with Gasteiger partial charge in [0.25, 0.3) is 0 Å². The summed E-state index contributed by atoms with van der Waals surface area (Å²) in [7, 11) is 0. The summed E-state index contributed by atoms with van der Waals surface area (Å²) >= 11 is 7.65. The van der Waals surface area contributed by atoms with Crippen LogP contribution in [0.5, 0.6) is 5.88 Å². The second-order valence-corrected chi connectivity index (χ2v) is 9.17. The normalized spacial score (nSPS) is 22.4. The van der Waals surface area contributed by atoms with E-state index in [2.05, 4.69) is 41.0 Å². The van der Waals surface area contributed by atoms with Crippen molar-refractivity contribution in [2.24, 2.45) is 11.8 Å². The van der Waals surface area contributed by atoms with E-state index in [1.165, 1.54) is 17.8 Å². The number of halogens is 1. The van der Waals surface area contributed by atoms with Crippen molar-refractivity contribution >= 4 is 27.9 Å². The van der Waals surface area contributed by atoms with Crippen molar-refractivity contribution in [2.45, 2.75) is 39.7 Å². The lowest BCUT2D eigenvalue weighted by molar-refractivity contribution is 0.112. The van der Waals surface area contributed by atoms with Crippen molar-refractivity contribution in [3.63, 3.8) is 0 Å². The Morgan fingerprint density at radius 3 is 2.48 bits per heavy atom. The number of fused-ring (bicyclic) bond motifs is 1. The van der Waals surface area contributed by atoms with Crippen LogP contribution < -0.4 is 0 Å². The first-order valence-electron chi connectivity index (χ1n) is 9.53. The van der Waals surface area contributed by atoms with E-state index in [1.54, 1.807) is 4.52 Å². The lowest BCUT2D eigenvalue weighted by Gasteiger charge is -2.40. The molecule has 144 valence electrons. The molecule has 0 spiro atoms. The molecule has 3 heterocycles. The van der Waals surface area contributed by atoms with Gasteiger partial charge in [0.2, 0.25) is 10.8 Å². The van der Waals surface area contributed by atoms with Gasteiger partial charge in [0.05, 0.1) is 10.9 Å². The van der Waals surface area contributed by atoms with E-state index in [9.17, 15) is 5.11 Å². The van der Waals surface area contributed by atoms with Gasteiger partial charge < -0.3 is 5.11 Å². The van der Waals surface area contributed by atoms with Crippen LogP contribution in [0.3, 0.4) is 0 Å². The van der Waals surface area contributed by atoms with E-state index >= 15 is 0 Å². The fraction of sp³-hybridized carbons (Fsp3) is 0.500. The maximum absolute atomic E-state index is 11.0. The van der Waals surface area contributed by atoms with Crippen LogP contribution in [0.2, 0.25) is 5.02 Å². The van der Waals surface area contributed by atoms with E-state index in [1.807, 2.05) is 19.1 Å². The van der Waals surface area contributed by atoms with Gasteiger partial charge in [-0.2, -0.15) is 4.52 Å². The van der Waals surface area contributed by atoms with Crippen LogP contribution in [-0.2, 0) is 6.42 Å². The van der Waals surface area contributed by atoms with Gasteiger partial charge in [0.15, 0.2) is 5.82 Å². The molecule has 0 saturated carbocycles. The van der Waals surface area contributed by atoms with Gasteiger partial charge in [-0.15, -0.1) is 5.10 Å². The summed E-state index contributed by atoms with van der Waals surface area (Å²) in [5.74, 6) is 2.21. The average Bonchev–Trinajstić information content (AvgIpc) is 3.16. The zero-order valence-electron chi connectivity index (χ0n) is 15.9. The first-order valence-corrected chi connectivity index (χ1v) is 10.7. The van der Waals surface area contributed by atoms with Crippen molar-refractivity contribution in [2.75, 3.05) is 13.1 Å². The Morgan fingerprint density at radius 2 is 1.89 bits per heavy atom. The second-order valence-electron chi connectivity index (χ2n) is 7.72. The lowest BCUT2D eigenvalue weighted by atomic mass is 9.89. The standard InChI is InChI=1S/C20H25ClN4OS/c1-4-16-22-20-25(23-16)19(26)18(27-20)17(14-5-7-15(21)8-6-14)24-10-12(2)9-13(3)11-24/h5-8,12-13,17,26H,4,9-11H2,1-3H3/t12-,13-,17+/m0/s1. The molecule has 0 unspecified atom stereocenters. The number of hydrogen-bond donors (Lipinski definition) is 1. The van der Waals surface area contributed by atoms with Gasteiger partial charge in [-0.05, 0) is 36.0 Å². The molecule has 7 heteroatoms. The fourth-order valence-corrected chi connectivity index (χ4v) is 5.48. The zero-order chi connectivity index (χ0) is 19.1. The van der Waals surface area contributed by atoms with Gasteiger partial charge >= 0.3 is 0 Å². The lowest BCUT2D eigenvalue weighted by Crippen LogP contribution is -2.41. The summed E-state index contributed by atoms with van der Waals surface area (Å²) < 4.78 is 1.58. The number of rotatable bonds is 4. The van der Waals surface area contributed by atoms with Gasteiger partial charge in [-0.1, -0.05) is 55.8 Å². The minimum Gasteiger partial charge on any atom is -0.492 e. The number of aromatic hydroxyl groups is 1. The minimum absolute atomic E-state index is 0.0222. The SMILES string of the molecule is CCc1nc2sc([C@@H](c3ccc(Cl)cc3)N3C[C@@H](C)C[C@H](C)C3)c(O)n2n1. The molecule has 1 aliphatic heterocycles. The largest absolute Gasteiger partial charge is 0.492 e. The molecule has 5 nitrogen and oxygen atoms in total. The third-order valence-corrected chi connectivity index (χ3v) is 6.58. The molecule has 0 aliphatic carbocycles. The van der Waals surface area contributed by atoms with E-state index in [-0.39, 0.29) is 11.9 Å². The van der Waals surface area contributed by atoms with Crippen LogP contribution >= 0.6 is 22.9 Å². The summed E-state index contributed by atoms with van der Waals surface area (Å²) in [5, 5.41) is 16.1. The topological polar surface area (TPSA) is 53.7 Å². The number of aryl methyl sites for hydroxylation is 1. The molecule has 2 aromatic heterocycles. The zero-order valence-corrected chi connectivity index (χ0v) is 17.5. The molecule has 0 bridgehead atoms. The van der Waals surface area contributed by atoms with Crippen LogP contribution in [-0.4, -0.2) is 37.7 Å². The minimum atomic E-state index is -0.0222.